The first-order valence-electron chi connectivity index (χ1n) is 8.61. The number of piperazine rings is 1. The molecule has 0 bridgehead atoms. The van der Waals surface area contributed by atoms with Gasteiger partial charge in [-0.05, 0) is 47.6 Å². The SMILES string of the molecule is CCOC(=O)C1C(I)=NN2CC(CO[Si](C)(C)C(C)(C)C)NCC12. The Bertz CT molecular complexity index is 507. The number of fused-ring (bicyclic) bond motifs is 1. The number of rotatable bonds is 5. The molecule has 3 unspecified atom stereocenters. The van der Waals surface area contributed by atoms with Gasteiger partial charge >= 0.3 is 5.97 Å². The van der Waals surface area contributed by atoms with E-state index < -0.39 is 8.32 Å². The third-order valence-electron chi connectivity index (χ3n) is 5.26. The zero-order valence-corrected chi connectivity index (χ0v) is 18.7. The van der Waals surface area contributed by atoms with Crippen molar-refractivity contribution in [2.24, 2.45) is 11.0 Å². The van der Waals surface area contributed by atoms with Crippen LogP contribution in [-0.4, -0.2) is 61.4 Å². The van der Waals surface area contributed by atoms with Crippen LogP contribution in [0.3, 0.4) is 0 Å². The first-order valence-corrected chi connectivity index (χ1v) is 12.6. The van der Waals surface area contributed by atoms with Crippen LogP contribution < -0.4 is 5.32 Å². The van der Waals surface area contributed by atoms with Gasteiger partial charge in [-0.15, -0.1) is 0 Å². The highest BCUT2D eigenvalue weighted by Crippen LogP contribution is 2.37. The van der Waals surface area contributed by atoms with Crippen molar-refractivity contribution in [3.8, 4) is 0 Å². The summed E-state index contributed by atoms with van der Waals surface area (Å²) in [5.41, 5.74) is 0. The van der Waals surface area contributed by atoms with E-state index in [1.54, 1.807) is 0 Å². The van der Waals surface area contributed by atoms with Crippen molar-refractivity contribution in [3.05, 3.63) is 0 Å². The summed E-state index contributed by atoms with van der Waals surface area (Å²) in [6, 6.07) is 0.296. The summed E-state index contributed by atoms with van der Waals surface area (Å²) in [4.78, 5) is 12.2. The molecule has 1 saturated heterocycles. The molecule has 2 aliphatic rings. The van der Waals surface area contributed by atoms with E-state index >= 15 is 0 Å². The molecule has 138 valence electrons. The lowest BCUT2D eigenvalue weighted by Crippen LogP contribution is -2.58. The standard InChI is InChI=1S/C16H30IN3O3Si/c1-7-22-15(21)13-12-8-18-11(9-20(12)19-14(13)17)10-23-24(5,6)16(2,3)4/h11-13,18H,7-10H2,1-6H3. The maximum atomic E-state index is 12.2. The highest BCUT2D eigenvalue weighted by Gasteiger charge is 2.45. The average Bonchev–Trinajstić information content (AvgIpc) is 2.79. The van der Waals surface area contributed by atoms with Gasteiger partial charge in [0.1, 0.15) is 9.64 Å². The second-order valence-electron chi connectivity index (χ2n) is 8.02. The topological polar surface area (TPSA) is 63.2 Å². The summed E-state index contributed by atoms with van der Waals surface area (Å²) in [5.74, 6) is -0.434. The molecule has 0 aromatic carbocycles. The number of halogens is 1. The van der Waals surface area contributed by atoms with Gasteiger partial charge in [-0.3, -0.25) is 9.80 Å². The van der Waals surface area contributed by atoms with Crippen LogP contribution in [0.4, 0.5) is 0 Å². The van der Waals surface area contributed by atoms with Gasteiger partial charge < -0.3 is 14.5 Å². The van der Waals surface area contributed by atoms with Gasteiger partial charge in [0.05, 0.1) is 25.8 Å². The number of hydrogen-bond donors (Lipinski definition) is 1. The minimum atomic E-state index is -1.75. The molecule has 0 radical (unpaired) electrons. The Morgan fingerprint density at radius 2 is 2.12 bits per heavy atom. The molecular formula is C16H30IN3O3Si. The molecule has 0 spiro atoms. The van der Waals surface area contributed by atoms with Crippen LogP contribution in [0.25, 0.3) is 0 Å². The van der Waals surface area contributed by atoms with Crippen molar-refractivity contribution in [1.82, 2.24) is 10.3 Å². The Morgan fingerprint density at radius 1 is 1.46 bits per heavy atom. The predicted molar refractivity (Wildman–Crippen MR) is 107 cm³/mol. The Hall–Kier alpha value is -0.193. The van der Waals surface area contributed by atoms with E-state index in [1.807, 2.05) is 11.9 Å². The van der Waals surface area contributed by atoms with Gasteiger partial charge in [-0.1, -0.05) is 20.8 Å². The first kappa shape index (κ1) is 20.1. The summed E-state index contributed by atoms with van der Waals surface area (Å²) in [7, 11) is -1.75. The average molecular weight is 467 g/mol. The quantitative estimate of drug-likeness (QED) is 0.383. The van der Waals surface area contributed by atoms with Crippen LogP contribution in [-0.2, 0) is 14.0 Å². The summed E-state index contributed by atoms with van der Waals surface area (Å²) < 4.78 is 12.4. The van der Waals surface area contributed by atoms with Crippen LogP contribution in [0.1, 0.15) is 27.7 Å². The number of carbonyl (C=O) groups is 1. The predicted octanol–water partition coefficient (Wildman–Crippen LogP) is 2.59. The van der Waals surface area contributed by atoms with E-state index in [1.165, 1.54) is 0 Å². The number of hydrazone groups is 1. The van der Waals surface area contributed by atoms with E-state index in [4.69, 9.17) is 9.16 Å². The van der Waals surface area contributed by atoms with Crippen molar-refractivity contribution in [2.45, 2.75) is 57.9 Å². The number of nitrogens with one attached hydrogen (secondary N) is 1. The van der Waals surface area contributed by atoms with E-state index in [0.29, 0.717) is 13.2 Å². The van der Waals surface area contributed by atoms with Gasteiger partial charge in [-0.2, -0.15) is 5.10 Å². The summed E-state index contributed by atoms with van der Waals surface area (Å²) in [6.45, 7) is 15.7. The zero-order chi connectivity index (χ0) is 18.1. The summed E-state index contributed by atoms with van der Waals surface area (Å²) in [6.07, 6.45) is 0. The van der Waals surface area contributed by atoms with Gasteiger partial charge in [0.25, 0.3) is 0 Å². The van der Waals surface area contributed by atoms with E-state index in [-0.39, 0.29) is 29.0 Å². The molecule has 0 aromatic rings. The van der Waals surface area contributed by atoms with Crippen molar-refractivity contribution >= 4 is 40.6 Å². The molecule has 8 heteroatoms. The van der Waals surface area contributed by atoms with Crippen LogP contribution in [0, 0.1) is 5.92 Å². The Morgan fingerprint density at radius 3 is 2.71 bits per heavy atom. The minimum Gasteiger partial charge on any atom is -0.465 e. The smallest absolute Gasteiger partial charge is 0.317 e. The molecule has 0 aromatic heterocycles. The molecule has 0 saturated carbocycles. The highest BCUT2D eigenvalue weighted by molar-refractivity contribution is 14.1. The molecule has 0 amide bonds. The van der Waals surface area contributed by atoms with Gasteiger partial charge in [0.15, 0.2) is 8.32 Å². The number of ether oxygens (including phenoxy) is 1. The fraction of sp³-hybridized carbons (Fsp3) is 0.875. The van der Waals surface area contributed by atoms with Crippen LogP contribution in [0.5, 0.6) is 0 Å². The molecule has 2 heterocycles. The van der Waals surface area contributed by atoms with E-state index in [2.05, 4.69) is 66.9 Å². The first-order chi connectivity index (χ1) is 11.1. The van der Waals surface area contributed by atoms with Crippen LogP contribution in [0.2, 0.25) is 18.1 Å². The Balaban J connectivity index is 1.93. The normalized spacial score (nSPS) is 27.7. The molecular weight excluding hydrogens is 437 g/mol. The lowest BCUT2D eigenvalue weighted by molar-refractivity contribution is -0.147. The van der Waals surface area contributed by atoms with E-state index in [0.717, 1.165) is 16.8 Å². The third-order valence-corrected chi connectivity index (χ3v) is 10.7. The van der Waals surface area contributed by atoms with Crippen molar-refractivity contribution in [1.29, 1.82) is 0 Å². The molecule has 0 aliphatic carbocycles. The van der Waals surface area contributed by atoms with E-state index in [9.17, 15) is 4.79 Å². The van der Waals surface area contributed by atoms with Crippen LogP contribution in [0.15, 0.2) is 5.10 Å². The van der Waals surface area contributed by atoms with Crippen LogP contribution >= 0.6 is 22.6 Å². The van der Waals surface area contributed by atoms with Gasteiger partial charge in [0, 0.05) is 12.6 Å². The molecule has 2 aliphatic heterocycles. The van der Waals surface area contributed by atoms with Gasteiger partial charge in [0.2, 0.25) is 0 Å². The maximum absolute atomic E-state index is 12.2. The second-order valence-corrected chi connectivity index (χ2v) is 13.9. The molecule has 2 rings (SSSR count). The minimum absolute atomic E-state index is 0.0556. The number of nitrogens with zero attached hydrogens (tertiary/aromatic N) is 2. The number of carbonyl (C=O) groups excluding carboxylic acids is 1. The molecule has 1 N–H and O–H groups in total. The van der Waals surface area contributed by atoms with Crippen molar-refractivity contribution < 1.29 is 14.0 Å². The largest absolute Gasteiger partial charge is 0.465 e. The Kier molecular flexibility index (Phi) is 6.36. The fourth-order valence-electron chi connectivity index (χ4n) is 2.69. The molecule has 6 nitrogen and oxygen atoms in total. The molecule has 24 heavy (non-hydrogen) atoms. The second kappa shape index (κ2) is 7.59. The summed E-state index contributed by atoms with van der Waals surface area (Å²) in [5, 5.41) is 10.4. The van der Waals surface area contributed by atoms with Crippen molar-refractivity contribution in [3.63, 3.8) is 0 Å². The Labute approximate surface area is 160 Å². The number of hydrogen-bond acceptors (Lipinski definition) is 6. The third kappa shape index (κ3) is 4.31. The molecule has 1 fully saturated rings. The zero-order valence-electron chi connectivity index (χ0n) is 15.6. The summed E-state index contributed by atoms with van der Waals surface area (Å²) >= 11 is 2.16. The molecule has 3 atom stereocenters. The fourth-order valence-corrected chi connectivity index (χ4v) is 4.69. The van der Waals surface area contributed by atoms with Gasteiger partial charge in [-0.25, -0.2) is 0 Å². The number of esters is 1. The maximum Gasteiger partial charge on any atom is 0.317 e. The highest BCUT2D eigenvalue weighted by atomic mass is 127. The monoisotopic (exact) mass is 467 g/mol. The lowest BCUT2D eigenvalue weighted by Gasteiger charge is -2.40. The van der Waals surface area contributed by atoms with Crippen molar-refractivity contribution in [2.75, 3.05) is 26.3 Å². The lowest BCUT2D eigenvalue weighted by atomic mass is 9.99.